The Balaban J connectivity index is 1.68. The van der Waals surface area contributed by atoms with Crippen molar-refractivity contribution in [2.24, 2.45) is 0 Å². The summed E-state index contributed by atoms with van der Waals surface area (Å²) in [5, 5.41) is 4.45. The first-order chi connectivity index (χ1) is 16.4. The molecule has 0 radical (unpaired) electrons. The average molecular weight is 532 g/mol. The number of rotatable bonds is 12. The van der Waals surface area contributed by atoms with Crippen molar-refractivity contribution < 1.29 is 19.0 Å². The van der Waals surface area contributed by atoms with E-state index in [1.165, 1.54) is 17.2 Å². The Morgan fingerprint density at radius 3 is 2.68 bits per heavy atom. The summed E-state index contributed by atoms with van der Waals surface area (Å²) in [7, 11) is 3.06. The minimum absolute atomic E-state index is 0.103. The summed E-state index contributed by atoms with van der Waals surface area (Å²) in [6.07, 6.45) is 10.7. The van der Waals surface area contributed by atoms with Crippen LogP contribution in [0.25, 0.3) is 10.9 Å². The number of hydrogen-bond donors (Lipinski definition) is 1. The first-order valence-electron chi connectivity index (χ1n) is 11.8. The number of aryl methyl sites for hydroxylation is 1. The SMILES string of the molecule is COC(=O)CCCCCCOc1cc2nc(C)nc(N[C@H](C)C3=CCCC(Br)=C3)c2cc1OC. The van der Waals surface area contributed by atoms with Crippen LogP contribution < -0.4 is 14.8 Å². The van der Waals surface area contributed by atoms with Gasteiger partial charge in [-0.05, 0) is 61.7 Å². The molecule has 0 saturated carbocycles. The summed E-state index contributed by atoms with van der Waals surface area (Å²) in [5.74, 6) is 2.64. The van der Waals surface area contributed by atoms with Crippen LogP contribution >= 0.6 is 15.9 Å². The molecule has 1 N–H and O–H groups in total. The first kappa shape index (κ1) is 26.0. The number of esters is 1. The highest BCUT2D eigenvalue weighted by Crippen LogP contribution is 2.35. The van der Waals surface area contributed by atoms with Gasteiger partial charge in [-0.15, -0.1) is 0 Å². The second-order valence-electron chi connectivity index (χ2n) is 8.43. The molecule has 0 spiro atoms. The fourth-order valence-electron chi connectivity index (χ4n) is 3.92. The van der Waals surface area contributed by atoms with Gasteiger partial charge >= 0.3 is 5.97 Å². The van der Waals surface area contributed by atoms with Gasteiger partial charge in [-0.3, -0.25) is 4.79 Å². The molecule has 1 aromatic heterocycles. The second-order valence-corrected chi connectivity index (χ2v) is 9.45. The maximum Gasteiger partial charge on any atom is 0.305 e. The molecule has 1 atom stereocenters. The van der Waals surface area contributed by atoms with Gasteiger partial charge < -0.3 is 19.5 Å². The Bertz CT molecular complexity index is 1070. The molecule has 0 amide bonds. The maximum absolute atomic E-state index is 11.2. The van der Waals surface area contributed by atoms with Gasteiger partial charge in [-0.1, -0.05) is 34.8 Å². The molecular formula is C26H34BrN3O4. The van der Waals surface area contributed by atoms with Crippen LogP contribution in [0, 0.1) is 6.92 Å². The summed E-state index contributed by atoms with van der Waals surface area (Å²) in [5.41, 5.74) is 2.05. The van der Waals surface area contributed by atoms with E-state index in [9.17, 15) is 4.79 Å². The molecule has 0 bridgehead atoms. The number of unbranched alkanes of at least 4 members (excludes halogenated alkanes) is 3. The molecule has 0 fully saturated rings. The van der Waals surface area contributed by atoms with Crippen LogP contribution in [0.1, 0.15) is 57.7 Å². The third-order valence-corrected chi connectivity index (χ3v) is 6.42. The monoisotopic (exact) mass is 531 g/mol. The summed E-state index contributed by atoms with van der Waals surface area (Å²) in [6.45, 7) is 4.60. The van der Waals surface area contributed by atoms with Gasteiger partial charge in [0.25, 0.3) is 0 Å². The Labute approximate surface area is 210 Å². The molecule has 8 heteroatoms. The smallest absolute Gasteiger partial charge is 0.305 e. The van der Waals surface area contributed by atoms with Gasteiger partial charge in [0.05, 0.1) is 26.3 Å². The number of carbonyl (C=O) groups is 1. The molecule has 1 heterocycles. The molecular weight excluding hydrogens is 498 g/mol. The molecule has 184 valence electrons. The summed E-state index contributed by atoms with van der Waals surface area (Å²) in [6, 6.07) is 3.97. The number of ether oxygens (including phenoxy) is 3. The van der Waals surface area contributed by atoms with Crippen LogP contribution in [0.5, 0.6) is 11.5 Å². The van der Waals surface area contributed by atoms with Crippen molar-refractivity contribution in [3.05, 3.63) is 40.2 Å². The average Bonchev–Trinajstić information content (AvgIpc) is 2.82. The van der Waals surface area contributed by atoms with Gasteiger partial charge in [0, 0.05) is 23.9 Å². The molecule has 3 rings (SSSR count). The number of nitrogens with zero attached hydrogens (tertiary/aromatic N) is 2. The summed E-state index contributed by atoms with van der Waals surface area (Å²) in [4.78, 5) is 20.5. The highest BCUT2D eigenvalue weighted by Gasteiger charge is 2.16. The highest BCUT2D eigenvalue weighted by molar-refractivity contribution is 9.11. The van der Waals surface area contributed by atoms with Crippen molar-refractivity contribution in [1.82, 2.24) is 9.97 Å². The molecule has 34 heavy (non-hydrogen) atoms. The van der Waals surface area contributed by atoms with Crippen molar-refractivity contribution >= 4 is 38.6 Å². The Morgan fingerprint density at radius 1 is 1.15 bits per heavy atom. The molecule has 2 aromatic rings. The van der Waals surface area contributed by atoms with Gasteiger partial charge in [-0.25, -0.2) is 9.97 Å². The number of benzene rings is 1. The van der Waals surface area contributed by atoms with Gasteiger partial charge in [0.2, 0.25) is 0 Å². The van der Waals surface area contributed by atoms with Crippen LogP contribution in [0.3, 0.4) is 0 Å². The number of hydrogen-bond acceptors (Lipinski definition) is 7. The van der Waals surface area contributed by atoms with Crippen LogP contribution in [-0.2, 0) is 9.53 Å². The van der Waals surface area contributed by atoms with E-state index in [0.717, 1.165) is 55.2 Å². The molecule has 1 aromatic carbocycles. The van der Waals surface area contributed by atoms with E-state index in [1.807, 2.05) is 19.1 Å². The van der Waals surface area contributed by atoms with E-state index in [2.05, 4.69) is 55.0 Å². The number of aromatic nitrogens is 2. The second kappa shape index (κ2) is 12.7. The first-order valence-corrected chi connectivity index (χ1v) is 12.6. The number of carbonyl (C=O) groups excluding carboxylic acids is 1. The number of halogens is 1. The van der Waals surface area contributed by atoms with Crippen molar-refractivity contribution in [3.63, 3.8) is 0 Å². The topological polar surface area (TPSA) is 82.6 Å². The lowest BCUT2D eigenvalue weighted by molar-refractivity contribution is -0.140. The summed E-state index contributed by atoms with van der Waals surface area (Å²) < 4.78 is 17.5. The lowest BCUT2D eigenvalue weighted by Gasteiger charge is -2.21. The molecule has 0 aliphatic heterocycles. The predicted molar refractivity (Wildman–Crippen MR) is 139 cm³/mol. The normalized spacial score (nSPS) is 14.3. The van der Waals surface area contributed by atoms with Crippen molar-refractivity contribution in [3.8, 4) is 11.5 Å². The largest absolute Gasteiger partial charge is 0.493 e. The Hall–Kier alpha value is -2.61. The number of allylic oxidation sites excluding steroid dienone is 2. The molecule has 0 saturated heterocycles. The van der Waals surface area contributed by atoms with Crippen molar-refractivity contribution in [1.29, 1.82) is 0 Å². The van der Waals surface area contributed by atoms with E-state index < -0.39 is 0 Å². The Kier molecular flexibility index (Phi) is 9.74. The quantitative estimate of drug-likeness (QED) is 0.256. The van der Waals surface area contributed by atoms with Gasteiger partial charge in [0.1, 0.15) is 11.6 Å². The van der Waals surface area contributed by atoms with Crippen LogP contribution in [0.15, 0.2) is 34.3 Å². The van der Waals surface area contributed by atoms with Gasteiger partial charge in [0.15, 0.2) is 11.5 Å². The maximum atomic E-state index is 11.2. The van der Waals surface area contributed by atoms with Gasteiger partial charge in [-0.2, -0.15) is 0 Å². The van der Waals surface area contributed by atoms with E-state index in [-0.39, 0.29) is 12.0 Å². The minimum Gasteiger partial charge on any atom is -0.493 e. The number of methoxy groups -OCH3 is 2. The molecule has 0 unspecified atom stereocenters. The Morgan fingerprint density at radius 2 is 1.94 bits per heavy atom. The fraction of sp³-hybridized carbons (Fsp3) is 0.500. The fourth-order valence-corrected chi connectivity index (χ4v) is 4.42. The van der Waals surface area contributed by atoms with E-state index in [1.54, 1.807) is 7.11 Å². The van der Waals surface area contributed by atoms with Crippen LogP contribution in [0.2, 0.25) is 0 Å². The predicted octanol–water partition coefficient (Wildman–Crippen LogP) is 6.25. The van der Waals surface area contributed by atoms with E-state index in [0.29, 0.717) is 30.4 Å². The highest BCUT2D eigenvalue weighted by atomic mass is 79.9. The molecule has 1 aliphatic carbocycles. The number of fused-ring (bicyclic) bond motifs is 1. The third kappa shape index (κ3) is 7.19. The van der Waals surface area contributed by atoms with Crippen LogP contribution in [-0.4, -0.2) is 42.8 Å². The van der Waals surface area contributed by atoms with Crippen molar-refractivity contribution in [2.75, 3.05) is 26.1 Å². The molecule has 7 nitrogen and oxygen atoms in total. The van der Waals surface area contributed by atoms with E-state index >= 15 is 0 Å². The zero-order valence-corrected chi connectivity index (χ0v) is 22.0. The summed E-state index contributed by atoms with van der Waals surface area (Å²) >= 11 is 3.63. The lowest BCUT2D eigenvalue weighted by Crippen LogP contribution is -2.19. The number of nitrogens with one attached hydrogen (secondary N) is 1. The van der Waals surface area contributed by atoms with E-state index in [4.69, 9.17) is 9.47 Å². The zero-order chi connectivity index (χ0) is 24.5. The standard InChI is InChI=1S/C26H34BrN3O4/c1-17(19-10-9-11-20(27)14-19)28-26-21-15-23(32-3)24(16-22(21)29-18(2)30-26)34-13-8-6-5-7-12-25(31)33-4/h10,14-17H,5-9,11-13H2,1-4H3,(H,28,29,30)/t17-/m1/s1. The zero-order valence-electron chi connectivity index (χ0n) is 20.4. The molecule has 1 aliphatic rings. The lowest BCUT2D eigenvalue weighted by atomic mass is 10.0. The van der Waals surface area contributed by atoms with Crippen molar-refractivity contribution in [2.45, 2.75) is 64.8 Å². The minimum atomic E-state index is -0.155. The number of anilines is 1. The third-order valence-electron chi connectivity index (χ3n) is 5.79. The van der Waals surface area contributed by atoms with Crippen LogP contribution in [0.4, 0.5) is 5.82 Å².